The molecule has 0 aliphatic carbocycles. The largest absolute Gasteiger partial charge is 0.540 e. The molecule has 0 aliphatic heterocycles. The Morgan fingerprint density at radius 3 is 1.62 bits per heavy atom. The summed E-state index contributed by atoms with van der Waals surface area (Å²) >= 11 is 0. The summed E-state index contributed by atoms with van der Waals surface area (Å²) in [4.78, 5) is 8.15. The monoisotopic (exact) mass is 146 g/mol. The van der Waals surface area contributed by atoms with Gasteiger partial charge in [0.1, 0.15) is 0 Å². The molecule has 8 heavy (non-hydrogen) atoms. The first-order chi connectivity index (χ1) is 2.94. The summed E-state index contributed by atoms with van der Waals surface area (Å²) in [6.45, 7) is 2.57. The van der Waals surface area contributed by atoms with E-state index in [9.17, 15) is 4.57 Å². The van der Waals surface area contributed by atoms with Gasteiger partial charge in [0.05, 0.1) is 0 Å². The molecule has 1 atom stereocenters. The second kappa shape index (κ2) is 3.94. The Kier molecular flexibility index (Phi) is 5.79. The maximum Gasteiger partial charge on any atom is 0.540 e. The van der Waals surface area contributed by atoms with Crippen LogP contribution in [0, 0.1) is 0 Å². The summed E-state index contributed by atoms with van der Waals surface area (Å²) in [5, 5.41) is 7.13. The van der Waals surface area contributed by atoms with Gasteiger partial charge in [0.25, 0.3) is 5.34 Å². The van der Waals surface area contributed by atoms with E-state index in [1.54, 1.807) is 0 Å². The Bertz CT molecular complexity index is 87.0. The molecule has 3 nitrogen and oxygen atoms in total. The minimum atomic E-state index is -2.44. The van der Waals surface area contributed by atoms with Crippen molar-refractivity contribution in [3.8, 4) is 0 Å². The summed E-state index contributed by atoms with van der Waals surface area (Å²) in [5.41, 5.74) is 0. The molecule has 2 N–H and O–H groups in total. The van der Waals surface area contributed by atoms with Gasteiger partial charge in [0, 0.05) is 43.4 Å². The Morgan fingerprint density at radius 2 is 1.62 bits per heavy atom. The van der Waals surface area contributed by atoms with Gasteiger partial charge >= 0.3 is 8.03 Å². The van der Waals surface area contributed by atoms with Gasteiger partial charge < -0.3 is 5.11 Å². The summed E-state index contributed by atoms with van der Waals surface area (Å²) in [6, 6.07) is 0. The van der Waals surface area contributed by atoms with Crippen molar-refractivity contribution in [3.05, 3.63) is 0 Å². The van der Waals surface area contributed by atoms with Gasteiger partial charge in [-0.1, -0.05) is 0 Å². The molecule has 0 saturated heterocycles. The first-order valence-electron chi connectivity index (χ1n) is 1.83. The third-order valence-corrected chi connectivity index (χ3v) is 1.40. The van der Waals surface area contributed by atoms with Crippen LogP contribution in [0.25, 0.3) is 0 Å². The van der Waals surface area contributed by atoms with Crippen molar-refractivity contribution in [1.82, 2.24) is 0 Å². The molecule has 0 rings (SSSR count). The second-order valence-corrected chi connectivity index (χ2v) is 3.41. The first kappa shape index (κ1) is 11.8. The zero-order valence-electron chi connectivity index (χ0n) is 5.25. The van der Waals surface area contributed by atoms with E-state index in [2.05, 4.69) is 0 Å². The predicted molar refractivity (Wildman–Crippen MR) is 31.9 cm³/mol. The summed E-state index contributed by atoms with van der Waals surface area (Å²) in [5.74, 6) is 0. The smallest absolute Gasteiger partial charge is 0.347 e. The molecule has 0 amide bonds. The number of hydrogen-bond acceptors (Lipinski definition) is 2. The van der Waals surface area contributed by atoms with E-state index in [-0.39, 0.29) is 29.6 Å². The molecule has 5 heteroatoms. The van der Waals surface area contributed by atoms with Crippen LogP contribution >= 0.6 is 8.03 Å². The minimum absolute atomic E-state index is 0. The van der Waals surface area contributed by atoms with Crippen LogP contribution in [0.15, 0.2) is 0 Å². The fourth-order valence-electron chi connectivity index (χ4n) is 0. The van der Waals surface area contributed by atoms with Crippen LogP contribution in [0.3, 0.4) is 0 Å². The Balaban J connectivity index is 0. The quantitative estimate of drug-likeness (QED) is 0.406. The van der Waals surface area contributed by atoms with Crippen LogP contribution in [-0.2, 0) is 4.57 Å². The fraction of sp³-hybridized carbons (Fsp3) is 1.00. The van der Waals surface area contributed by atoms with E-state index in [1.165, 1.54) is 13.8 Å². The molecule has 0 fully saturated rings. The SMILES string of the molecule is CC(C)(O)[P+](=O)O.[Na]. The molecule has 0 heterocycles. The Morgan fingerprint density at radius 1 is 1.50 bits per heavy atom. The second-order valence-electron chi connectivity index (χ2n) is 1.77. The molecular weight excluding hydrogens is 138 g/mol. The van der Waals surface area contributed by atoms with E-state index < -0.39 is 13.4 Å². The molecular formula is C3H8NaO3P+. The summed E-state index contributed by atoms with van der Waals surface area (Å²) in [6.07, 6.45) is 0. The van der Waals surface area contributed by atoms with Gasteiger partial charge in [-0.15, -0.1) is 0 Å². The zero-order chi connectivity index (χ0) is 6.08. The van der Waals surface area contributed by atoms with Crippen LogP contribution < -0.4 is 0 Å². The van der Waals surface area contributed by atoms with Gasteiger partial charge in [-0.25, -0.2) is 0 Å². The van der Waals surface area contributed by atoms with E-state index in [0.29, 0.717) is 0 Å². The van der Waals surface area contributed by atoms with E-state index >= 15 is 0 Å². The first-order valence-corrected chi connectivity index (χ1v) is 3.04. The molecule has 0 aromatic rings. The molecule has 0 aromatic carbocycles. The molecule has 1 unspecified atom stereocenters. The number of hydrogen-bond donors (Lipinski definition) is 2. The number of aliphatic hydroxyl groups is 1. The van der Waals surface area contributed by atoms with Gasteiger partial charge in [0.15, 0.2) is 0 Å². The average molecular weight is 146 g/mol. The predicted octanol–water partition coefficient (Wildman–Crippen LogP) is 0.0687. The molecule has 0 saturated carbocycles. The minimum Gasteiger partial charge on any atom is -0.347 e. The van der Waals surface area contributed by atoms with Crippen LogP contribution in [0.5, 0.6) is 0 Å². The van der Waals surface area contributed by atoms with Gasteiger partial charge in [-0.2, -0.15) is 4.89 Å². The Labute approximate surface area is 71.3 Å². The van der Waals surface area contributed by atoms with E-state index in [0.717, 1.165) is 0 Å². The topological polar surface area (TPSA) is 57.5 Å². The van der Waals surface area contributed by atoms with Crippen LogP contribution in [0.2, 0.25) is 0 Å². The van der Waals surface area contributed by atoms with E-state index in [1.807, 2.05) is 0 Å². The molecule has 0 aliphatic rings. The van der Waals surface area contributed by atoms with Gasteiger partial charge in [-0.05, 0) is 4.57 Å². The zero-order valence-corrected chi connectivity index (χ0v) is 8.14. The third kappa shape index (κ3) is 5.16. The maximum absolute atomic E-state index is 9.92. The summed E-state index contributed by atoms with van der Waals surface area (Å²) < 4.78 is 9.92. The average Bonchev–Trinajstić information content (AvgIpc) is 1.31. The van der Waals surface area contributed by atoms with Crippen LogP contribution in [0.1, 0.15) is 13.8 Å². The van der Waals surface area contributed by atoms with Crippen molar-refractivity contribution >= 4 is 37.6 Å². The third-order valence-electron chi connectivity index (χ3n) is 0.468. The van der Waals surface area contributed by atoms with Crippen molar-refractivity contribution < 1.29 is 14.6 Å². The molecule has 1 radical (unpaired) electrons. The molecule has 43 valence electrons. The van der Waals surface area contributed by atoms with Crippen molar-refractivity contribution in [2.45, 2.75) is 19.2 Å². The van der Waals surface area contributed by atoms with Crippen molar-refractivity contribution in [2.24, 2.45) is 0 Å². The van der Waals surface area contributed by atoms with Gasteiger partial charge in [0.2, 0.25) is 0 Å². The molecule has 0 spiro atoms. The normalized spacial score (nSPS) is 12.2. The van der Waals surface area contributed by atoms with Crippen molar-refractivity contribution in [3.63, 3.8) is 0 Å². The van der Waals surface area contributed by atoms with Crippen molar-refractivity contribution in [1.29, 1.82) is 0 Å². The maximum atomic E-state index is 9.92. The van der Waals surface area contributed by atoms with Crippen LogP contribution in [-0.4, -0.2) is 44.9 Å². The number of rotatable bonds is 1. The standard InChI is InChI=1S/C3H7O3P.Na/c1-3(2,4)7(5)6;/h4H,1-2H3;/p+1. The Hall–Kier alpha value is 1.02. The van der Waals surface area contributed by atoms with E-state index in [4.69, 9.17) is 10.00 Å². The molecule has 0 aromatic heterocycles. The molecule has 0 bridgehead atoms. The van der Waals surface area contributed by atoms with Crippen LogP contribution in [0.4, 0.5) is 0 Å². The summed E-state index contributed by atoms with van der Waals surface area (Å²) in [7, 11) is -2.44. The van der Waals surface area contributed by atoms with Gasteiger partial charge in [-0.3, -0.25) is 0 Å². The fourth-order valence-corrected chi connectivity index (χ4v) is 0. The van der Waals surface area contributed by atoms with Crippen molar-refractivity contribution in [2.75, 3.05) is 0 Å².